The second-order valence-electron chi connectivity index (χ2n) is 9.18. The predicted molar refractivity (Wildman–Crippen MR) is 157 cm³/mol. The second-order valence-corrected chi connectivity index (χ2v) is 10.0. The van der Waals surface area contributed by atoms with Gasteiger partial charge in [-0.1, -0.05) is 65.7 Å². The summed E-state index contributed by atoms with van der Waals surface area (Å²) in [6.07, 6.45) is -0.443. The van der Waals surface area contributed by atoms with Crippen molar-refractivity contribution in [1.82, 2.24) is 0 Å². The van der Waals surface area contributed by atoms with Crippen LogP contribution >= 0.6 is 23.2 Å². The van der Waals surface area contributed by atoms with Gasteiger partial charge in [0.15, 0.2) is 29.3 Å². The first-order valence-electron chi connectivity index (χ1n) is 12.4. The van der Waals surface area contributed by atoms with Crippen molar-refractivity contribution in [3.8, 4) is 11.5 Å². The summed E-state index contributed by atoms with van der Waals surface area (Å²) in [5.74, 6) is 1.33. The van der Waals surface area contributed by atoms with E-state index in [-0.39, 0.29) is 12.4 Å². The van der Waals surface area contributed by atoms with Crippen LogP contribution in [0.2, 0.25) is 10.0 Å². The summed E-state index contributed by atoms with van der Waals surface area (Å²) in [4.78, 5) is 14.8. The van der Waals surface area contributed by atoms with Crippen molar-refractivity contribution in [2.24, 2.45) is 5.10 Å². The molecule has 0 bridgehead atoms. The summed E-state index contributed by atoms with van der Waals surface area (Å²) in [6.45, 7) is 3.81. The van der Waals surface area contributed by atoms with Crippen molar-refractivity contribution < 1.29 is 14.3 Å². The van der Waals surface area contributed by atoms with E-state index in [9.17, 15) is 4.79 Å². The quantitative estimate of drug-likeness (QED) is 0.220. The van der Waals surface area contributed by atoms with Crippen molar-refractivity contribution >= 4 is 46.2 Å². The Hall–Kier alpha value is -4.00. The van der Waals surface area contributed by atoms with Gasteiger partial charge in [-0.15, -0.1) is 5.10 Å². The molecule has 1 heterocycles. The molecule has 1 aliphatic rings. The third-order valence-corrected chi connectivity index (χ3v) is 6.99. The van der Waals surface area contributed by atoms with Gasteiger partial charge in [0.2, 0.25) is 0 Å². The molecule has 6 nitrogen and oxygen atoms in total. The molecule has 0 fully saturated rings. The van der Waals surface area contributed by atoms with E-state index >= 15 is 0 Å². The van der Waals surface area contributed by atoms with Crippen molar-refractivity contribution in [2.75, 3.05) is 17.0 Å². The van der Waals surface area contributed by atoms with E-state index in [2.05, 4.69) is 0 Å². The Bertz CT molecular complexity index is 1540. The minimum atomic E-state index is -0.443. The van der Waals surface area contributed by atoms with Crippen LogP contribution in [0.3, 0.4) is 0 Å². The molecule has 0 amide bonds. The van der Waals surface area contributed by atoms with Gasteiger partial charge in [0.1, 0.15) is 6.61 Å². The molecule has 1 atom stereocenters. The normalized spacial score (nSPS) is 14.8. The third kappa shape index (κ3) is 5.58. The van der Waals surface area contributed by atoms with Crippen LogP contribution in [0.4, 0.5) is 11.4 Å². The molecular weight excluding hydrogens is 533 g/mol. The molecule has 0 aromatic heterocycles. The number of ether oxygens (including phenoxy) is 2. The first-order valence-corrected chi connectivity index (χ1v) is 13.2. The number of methoxy groups -OCH3 is 1. The van der Waals surface area contributed by atoms with Gasteiger partial charge in [0.25, 0.3) is 0 Å². The largest absolute Gasteiger partial charge is 0.493 e. The fourth-order valence-corrected chi connectivity index (χ4v) is 5.00. The van der Waals surface area contributed by atoms with Crippen LogP contribution in [0.1, 0.15) is 29.8 Å². The summed E-state index contributed by atoms with van der Waals surface area (Å²) < 4.78 is 11.8. The Balaban J connectivity index is 1.56. The molecule has 1 aliphatic heterocycles. The summed E-state index contributed by atoms with van der Waals surface area (Å²) >= 11 is 12.4. The number of hydrogen-bond acceptors (Lipinski definition) is 6. The van der Waals surface area contributed by atoms with Crippen LogP contribution < -0.4 is 19.4 Å². The average Bonchev–Trinajstić information content (AvgIpc) is 3.34. The predicted octanol–water partition coefficient (Wildman–Crippen LogP) is 7.82. The number of benzene rings is 4. The molecule has 0 saturated carbocycles. The number of aryl methyl sites for hydroxylation is 1. The fraction of sp³-hybridized carbons (Fsp3) is 0.161. The lowest BCUT2D eigenvalue weighted by molar-refractivity contribution is -0.111. The Morgan fingerprint density at radius 1 is 0.897 bits per heavy atom. The lowest BCUT2D eigenvalue weighted by Crippen LogP contribution is -2.37. The Morgan fingerprint density at radius 3 is 2.36 bits per heavy atom. The number of ketones is 1. The maximum absolute atomic E-state index is 12.9. The van der Waals surface area contributed by atoms with Crippen molar-refractivity contribution in [1.29, 1.82) is 0 Å². The van der Waals surface area contributed by atoms with Crippen LogP contribution in [0.5, 0.6) is 11.5 Å². The van der Waals surface area contributed by atoms with E-state index in [1.54, 1.807) is 19.2 Å². The molecule has 0 spiro atoms. The van der Waals surface area contributed by atoms with E-state index in [0.29, 0.717) is 27.4 Å². The summed E-state index contributed by atoms with van der Waals surface area (Å²) in [6, 6.07) is 28.9. The zero-order valence-corrected chi connectivity index (χ0v) is 23.3. The number of amidine groups is 1. The number of rotatable bonds is 8. The van der Waals surface area contributed by atoms with E-state index in [1.807, 2.05) is 95.7 Å². The highest BCUT2D eigenvalue weighted by Crippen LogP contribution is 2.42. The summed E-state index contributed by atoms with van der Waals surface area (Å²) in [5.41, 5.74) is 4.48. The zero-order chi connectivity index (χ0) is 27.5. The van der Waals surface area contributed by atoms with Crippen molar-refractivity contribution in [2.45, 2.75) is 26.6 Å². The van der Waals surface area contributed by atoms with E-state index in [0.717, 1.165) is 28.1 Å². The topological polar surface area (TPSA) is 54.4 Å². The molecule has 5 rings (SSSR count). The SMILES string of the molecule is COc1cc(C2N(c3ccccc3)N=C(C(C)=O)N2c2cccc(C)c2)ccc1OCc1ccc(Cl)cc1Cl. The highest BCUT2D eigenvalue weighted by atomic mass is 35.5. The molecule has 198 valence electrons. The molecule has 0 radical (unpaired) electrons. The van der Waals surface area contributed by atoms with Gasteiger partial charge in [-0.2, -0.15) is 0 Å². The van der Waals surface area contributed by atoms with Gasteiger partial charge in [-0.05, 0) is 61.0 Å². The lowest BCUT2D eigenvalue weighted by Gasteiger charge is -2.32. The van der Waals surface area contributed by atoms with E-state index < -0.39 is 6.17 Å². The van der Waals surface area contributed by atoms with E-state index in [4.69, 9.17) is 37.8 Å². The number of anilines is 2. The Kier molecular flexibility index (Phi) is 7.77. The number of hydrazone groups is 1. The van der Waals surface area contributed by atoms with Gasteiger partial charge in [0, 0.05) is 33.8 Å². The lowest BCUT2D eigenvalue weighted by atomic mass is 10.1. The number of carbonyl (C=O) groups excluding carboxylic acids is 1. The molecule has 1 unspecified atom stereocenters. The number of halogens is 2. The summed E-state index contributed by atoms with van der Waals surface area (Å²) in [5, 5.41) is 7.76. The van der Waals surface area contributed by atoms with Crippen molar-refractivity contribution in [3.63, 3.8) is 0 Å². The summed E-state index contributed by atoms with van der Waals surface area (Å²) in [7, 11) is 1.60. The molecule has 0 saturated heterocycles. The molecule has 0 N–H and O–H groups in total. The average molecular weight is 560 g/mol. The minimum Gasteiger partial charge on any atom is -0.493 e. The first kappa shape index (κ1) is 26.6. The van der Waals surface area contributed by atoms with Crippen LogP contribution in [-0.4, -0.2) is 18.7 Å². The van der Waals surface area contributed by atoms with Gasteiger partial charge < -0.3 is 9.47 Å². The van der Waals surface area contributed by atoms with E-state index in [1.165, 1.54) is 6.92 Å². The number of hydrogen-bond donors (Lipinski definition) is 0. The second kappa shape index (κ2) is 11.4. The maximum atomic E-state index is 12.9. The van der Waals surface area contributed by atoms with Crippen LogP contribution in [-0.2, 0) is 11.4 Å². The van der Waals surface area contributed by atoms with Gasteiger partial charge in [-0.25, -0.2) is 5.01 Å². The monoisotopic (exact) mass is 559 g/mol. The highest BCUT2D eigenvalue weighted by molar-refractivity contribution is 6.44. The molecular formula is C31H27Cl2N3O3. The molecule has 4 aromatic rings. The third-order valence-electron chi connectivity index (χ3n) is 6.41. The smallest absolute Gasteiger partial charge is 0.198 e. The molecule has 4 aromatic carbocycles. The fourth-order valence-electron chi connectivity index (χ4n) is 4.54. The van der Waals surface area contributed by atoms with Crippen LogP contribution in [0, 0.1) is 6.92 Å². The van der Waals surface area contributed by atoms with Gasteiger partial charge in [0.05, 0.1) is 12.8 Å². The number of Topliss-reactive ketones (excluding diaryl/α,β-unsaturated/α-hetero) is 1. The minimum absolute atomic E-state index is 0.133. The first-order chi connectivity index (χ1) is 18.9. The standard InChI is InChI=1S/C31H27Cl2N3O3/c1-20-8-7-11-26(16-20)35-30(21(2)37)34-36(25-9-5-4-6-10-25)31(35)22-13-15-28(29(17-22)38-3)39-19-23-12-14-24(32)18-27(23)33/h4-18,31H,19H2,1-3H3. The molecule has 0 aliphatic carbocycles. The van der Waals surface area contributed by atoms with Gasteiger partial charge >= 0.3 is 0 Å². The van der Waals surface area contributed by atoms with Crippen LogP contribution in [0.15, 0.2) is 96.1 Å². The number of carbonyl (C=O) groups is 1. The molecule has 8 heteroatoms. The number of para-hydroxylation sites is 1. The number of nitrogens with zero attached hydrogens (tertiary/aromatic N) is 3. The highest BCUT2D eigenvalue weighted by Gasteiger charge is 2.39. The van der Waals surface area contributed by atoms with Crippen LogP contribution in [0.25, 0.3) is 0 Å². The van der Waals surface area contributed by atoms with Crippen molar-refractivity contribution in [3.05, 3.63) is 118 Å². The Labute approximate surface area is 238 Å². The van der Waals surface area contributed by atoms with Gasteiger partial charge in [-0.3, -0.25) is 9.69 Å². The molecule has 39 heavy (non-hydrogen) atoms. The Morgan fingerprint density at radius 2 is 1.67 bits per heavy atom. The maximum Gasteiger partial charge on any atom is 0.198 e. The zero-order valence-electron chi connectivity index (χ0n) is 21.8.